The summed E-state index contributed by atoms with van der Waals surface area (Å²) in [6.07, 6.45) is 0. The van der Waals surface area contributed by atoms with Gasteiger partial charge in [0.2, 0.25) is 11.7 Å². The number of para-hydroxylation sites is 1. The van der Waals surface area contributed by atoms with Crippen LogP contribution >= 0.6 is 23.1 Å². The summed E-state index contributed by atoms with van der Waals surface area (Å²) >= 11 is 2.57. The van der Waals surface area contributed by atoms with Gasteiger partial charge in [0.25, 0.3) is 5.91 Å². The summed E-state index contributed by atoms with van der Waals surface area (Å²) in [6.45, 7) is -0.0126. The van der Waals surface area contributed by atoms with Gasteiger partial charge in [-0.25, -0.2) is 4.98 Å². The Hall–Kier alpha value is -5.02. The molecule has 0 aliphatic heterocycles. The monoisotopic (exact) mass is 650 g/mol. The van der Waals surface area contributed by atoms with Crippen molar-refractivity contribution in [2.75, 3.05) is 46.6 Å². The van der Waals surface area contributed by atoms with Gasteiger partial charge in [-0.1, -0.05) is 35.2 Å². The fourth-order valence-corrected chi connectivity index (χ4v) is 6.05. The van der Waals surface area contributed by atoms with Gasteiger partial charge in [0.15, 0.2) is 27.6 Å². The summed E-state index contributed by atoms with van der Waals surface area (Å²) < 4.78 is 29.9. The predicted octanol–water partition coefficient (Wildman–Crippen LogP) is 4.58. The fourth-order valence-electron chi connectivity index (χ4n) is 4.41. The van der Waals surface area contributed by atoms with Crippen LogP contribution in [0.1, 0.15) is 16.2 Å². The molecule has 0 fully saturated rings. The summed E-state index contributed by atoms with van der Waals surface area (Å²) in [6, 6.07) is 16.0. The number of carbonyl (C=O) groups is 2. The molecule has 2 heterocycles. The Balaban J connectivity index is 1.40. The van der Waals surface area contributed by atoms with Crippen LogP contribution in [0.2, 0.25) is 0 Å². The zero-order chi connectivity index (χ0) is 31.9. The van der Waals surface area contributed by atoms with Gasteiger partial charge in [0, 0.05) is 11.6 Å². The highest BCUT2D eigenvalue weighted by Gasteiger charge is 2.22. The number of carbonyl (C=O) groups excluding carboxylic acids is 2. The number of nitrogens with one attached hydrogen (secondary N) is 2. The molecule has 0 aliphatic rings. The zero-order valence-corrected chi connectivity index (χ0v) is 26.7. The van der Waals surface area contributed by atoms with E-state index in [1.165, 1.54) is 44.4 Å². The zero-order valence-electron chi connectivity index (χ0n) is 25.1. The van der Waals surface area contributed by atoms with Crippen LogP contribution in [0.5, 0.6) is 28.7 Å². The molecule has 5 aromatic rings. The Kier molecular flexibility index (Phi) is 9.89. The van der Waals surface area contributed by atoms with Crippen LogP contribution in [0, 0.1) is 0 Å². The summed E-state index contributed by atoms with van der Waals surface area (Å²) in [7, 11) is 7.53. The quantitative estimate of drug-likeness (QED) is 0.173. The first-order valence-corrected chi connectivity index (χ1v) is 15.2. The molecular formula is C30H30N6O7S2. The number of fused-ring (bicyclic) bond motifs is 1. The van der Waals surface area contributed by atoms with E-state index < -0.39 is 5.91 Å². The molecule has 0 saturated carbocycles. The van der Waals surface area contributed by atoms with Gasteiger partial charge >= 0.3 is 0 Å². The van der Waals surface area contributed by atoms with Gasteiger partial charge in [0.05, 0.1) is 63.8 Å². The molecule has 15 heteroatoms. The molecule has 5 rings (SSSR count). The number of aromatic nitrogens is 4. The lowest BCUT2D eigenvalue weighted by Gasteiger charge is -2.16. The van der Waals surface area contributed by atoms with Crippen LogP contribution in [0.15, 0.2) is 59.8 Å². The van der Waals surface area contributed by atoms with Crippen molar-refractivity contribution in [2.45, 2.75) is 11.7 Å². The third-order valence-electron chi connectivity index (χ3n) is 6.53. The molecule has 0 bridgehead atoms. The maximum atomic E-state index is 13.3. The number of rotatable bonds is 13. The highest BCUT2D eigenvalue weighted by Crippen LogP contribution is 2.38. The molecule has 234 valence electrons. The van der Waals surface area contributed by atoms with Crippen LogP contribution in [0.4, 0.5) is 5.13 Å². The van der Waals surface area contributed by atoms with Crippen LogP contribution < -0.4 is 34.3 Å². The largest absolute Gasteiger partial charge is 0.497 e. The lowest BCUT2D eigenvalue weighted by Crippen LogP contribution is -2.25. The summed E-state index contributed by atoms with van der Waals surface area (Å²) in [4.78, 5) is 30.6. The summed E-state index contributed by atoms with van der Waals surface area (Å²) in [5.41, 5.74) is 1.66. The molecule has 45 heavy (non-hydrogen) atoms. The molecule has 0 spiro atoms. The molecule has 0 radical (unpaired) electrons. The smallest absolute Gasteiger partial charge is 0.251 e. The molecule has 2 N–H and O–H groups in total. The number of amides is 2. The predicted molar refractivity (Wildman–Crippen MR) is 171 cm³/mol. The van der Waals surface area contributed by atoms with Crippen molar-refractivity contribution in [2.24, 2.45) is 0 Å². The second-order valence-corrected chi connectivity index (χ2v) is 11.2. The third-order valence-corrected chi connectivity index (χ3v) is 8.41. The van der Waals surface area contributed by atoms with Crippen molar-refractivity contribution >= 4 is 50.3 Å². The van der Waals surface area contributed by atoms with E-state index in [2.05, 4.69) is 25.8 Å². The van der Waals surface area contributed by atoms with E-state index in [0.29, 0.717) is 50.5 Å². The van der Waals surface area contributed by atoms with Gasteiger partial charge in [-0.3, -0.25) is 14.2 Å². The standard InChI is InChI=1S/C30H30N6O7S2/c1-39-18-10-11-21(40-2)20(14-18)36-25(15-31-28(38)17-12-22(41-3)27(43-5)23(13-17)42-4)34-35-30(36)44-16-26(37)33-29-32-19-8-6-7-9-24(19)45-29/h6-14H,15-16H2,1-5H3,(H,31,38)(H,32,33,37). The van der Waals surface area contributed by atoms with E-state index in [-0.39, 0.29) is 23.8 Å². The van der Waals surface area contributed by atoms with Crippen molar-refractivity contribution in [1.82, 2.24) is 25.1 Å². The second-order valence-electron chi connectivity index (χ2n) is 9.19. The van der Waals surface area contributed by atoms with Crippen molar-refractivity contribution in [3.63, 3.8) is 0 Å². The Morgan fingerprint density at radius 2 is 1.60 bits per heavy atom. The molecular weight excluding hydrogens is 620 g/mol. The molecule has 13 nitrogen and oxygen atoms in total. The number of thiazole rings is 1. The average molecular weight is 651 g/mol. The first kappa shape index (κ1) is 31.4. The van der Waals surface area contributed by atoms with E-state index in [4.69, 9.17) is 23.7 Å². The van der Waals surface area contributed by atoms with E-state index in [1.54, 1.807) is 49.1 Å². The minimum absolute atomic E-state index is 0.0126. The Morgan fingerprint density at radius 3 is 2.27 bits per heavy atom. The highest BCUT2D eigenvalue weighted by atomic mass is 32.2. The van der Waals surface area contributed by atoms with E-state index in [0.717, 1.165) is 10.2 Å². The molecule has 0 unspecified atom stereocenters. The topological polar surface area (TPSA) is 148 Å². The number of hydrogen-bond donors (Lipinski definition) is 2. The number of benzene rings is 3. The lowest BCUT2D eigenvalue weighted by molar-refractivity contribution is -0.113. The molecule has 2 amide bonds. The molecule has 0 saturated heterocycles. The number of hydrogen-bond acceptors (Lipinski definition) is 12. The lowest BCUT2D eigenvalue weighted by atomic mass is 10.1. The van der Waals surface area contributed by atoms with Crippen LogP contribution in [0.3, 0.4) is 0 Å². The summed E-state index contributed by atoms with van der Waals surface area (Å²) in [5, 5.41) is 15.3. The molecule has 0 atom stereocenters. The van der Waals surface area contributed by atoms with Crippen LogP contribution in [-0.4, -0.2) is 72.9 Å². The molecule has 2 aromatic heterocycles. The van der Waals surface area contributed by atoms with Gasteiger partial charge in [-0.05, 0) is 36.4 Å². The average Bonchev–Trinajstić information content (AvgIpc) is 3.68. The van der Waals surface area contributed by atoms with Gasteiger partial charge in [-0.2, -0.15) is 0 Å². The first-order chi connectivity index (χ1) is 21.9. The fraction of sp³-hybridized carbons (Fsp3) is 0.233. The van der Waals surface area contributed by atoms with Gasteiger partial charge in [-0.15, -0.1) is 10.2 Å². The number of thioether (sulfide) groups is 1. The first-order valence-electron chi connectivity index (χ1n) is 13.4. The minimum Gasteiger partial charge on any atom is -0.497 e. The third kappa shape index (κ3) is 6.89. The number of methoxy groups -OCH3 is 5. The van der Waals surface area contributed by atoms with Crippen molar-refractivity contribution in [3.05, 3.63) is 66.0 Å². The second kappa shape index (κ2) is 14.2. The number of anilines is 1. The maximum Gasteiger partial charge on any atom is 0.251 e. The highest BCUT2D eigenvalue weighted by molar-refractivity contribution is 7.99. The van der Waals surface area contributed by atoms with Crippen molar-refractivity contribution in [3.8, 4) is 34.4 Å². The van der Waals surface area contributed by atoms with E-state index in [9.17, 15) is 9.59 Å². The van der Waals surface area contributed by atoms with Crippen LogP contribution in [-0.2, 0) is 11.3 Å². The Morgan fingerprint density at radius 1 is 0.867 bits per heavy atom. The normalized spacial score (nSPS) is 10.8. The Labute approximate surface area is 266 Å². The Bertz CT molecular complexity index is 1780. The molecule has 3 aromatic carbocycles. The number of nitrogens with zero attached hydrogens (tertiary/aromatic N) is 4. The van der Waals surface area contributed by atoms with Crippen molar-refractivity contribution < 1.29 is 33.3 Å². The molecule has 0 aliphatic carbocycles. The van der Waals surface area contributed by atoms with Gasteiger partial charge < -0.3 is 34.3 Å². The van der Waals surface area contributed by atoms with Crippen molar-refractivity contribution in [1.29, 1.82) is 0 Å². The van der Waals surface area contributed by atoms with Crippen LogP contribution in [0.25, 0.3) is 15.9 Å². The number of ether oxygens (including phenoxy) is 5. The summed E-state index contributed by atoms with van der Waals surface area (Å²) in [5.74, 6) is 1.87. The SMILES string of the molecule is COc1ccc(OC)c(-n2c(CNC(=O)c3cc(OC)c(OC)c(OC)c3)nnc2SCC(=O)Nc2nc3ccccc3s2)c1. The van der Waals surface area contributed by atoms with Gasteiger partial charge in [0.1, 0.15) is 11.5 Å². The van der Waals surface area contributed by atoms with E-state index in [1.807, 2.05) is 24.3 Å². The minimum atomic E-state index is -0.411. The maximum absolute atomic E-state index is 13.3. The van der Waals surface area contributed by atoms with E-state index >= 15 is 0 Å².